The Hall–Kier alpha value is -1.89. The van der Waals surface area contributed by atoms with Crippen molar-refractivity contribution in [1.29, 1.82) is 0 Å². The molecule has 2 saturated heterocycles. The molecule has 0 radical (unpaired) electrons. The molecule has 0 spiro atoms. The Balaban J connectivity index is 1.62. The molecule has 0 saturated carbocycles. The molecule has 1 amide bonds. The number of nitrogens with zero attached hydrogens (tertiary/aromatic N) is 4. The van der Waals surface area contributed by atoms with Crippen LogP contribution in [0.2, 0.25) is 0 Å². The van der Waals surface area contributed by atoms with E-state index in [1.807, 2.05) is 6.07 Å². The number of hydrogen-bond acceptors (Lipinski definition) is 6. The molecule has 7 heteroatoms. The third-order valence-electron chi connectivity index (χ3n) is 4.92. The summed E-state index contributed by atoms with van der Waals surface area (Å²) in [5.41, 5.74) is 0. The summed E-state index contributed by atoms with van der Waals surface area (Å²) in [6.45, 7) is 7.79. The van der Waals surface area contributed by atoms with Gasteiger partial charge < -0.3 is 19.9 Å². The number of amides is 1. The van der Waals surface area contributed by atoms with Crippen molar-refractivity contribution < 1.29 is 9.53 Å². The van der Waals surface area contributed by atoms with Gasteiger partial charge in [-0.2, -0.15) is 0 Å². The molecule has 2 aliphatic heterocycles. The minimum atomic E-state index is 0.0485. The van der Waals surface area contributed by atoms with Crippen LogP contribution in [-0.2, 0) is 9.53 Å². The first-order valence-electron chi connectivity index (χ1n) is 9.45. The fraction of sp³-hybridized carbons (Fsp3) is 0.722. The zero-order valence-corrected chi connectivity index (χ0v) is 15.1. The van der Waals surface area contributed by atoms with Crippen LogP contribution in [0.1, 0.15) is 32.6 Å². The van der Waals surface area contributed by atoms with Crippen LogP contribution >= 0.6 is 0 Å². The lowest BCUT2D eigenvalue weighted by Crippen LogP contribution is -2.43. The Labute approximate surface area is 149 Å². The van der Waals surface area contributed by atoms with Crippen molar-refractivity contribution in [3.8, 4) is 0 Å². The number of ether oxygens (including phenoxy) is 1. The molecule has 1 unspecified atom stereocenters. The molecule has 1 atom stereocenters. The van der Waals surface area contributed by atoms with Gasteiger partial charge in [-0.05, 0) is 19.3 Å². The fourth-order valence-corrected chi connectivity index (χ4v) is 3.41. The highest BCUT2D eigenvalue weighted by Crippen LogP contribution is 2.24. The smallest absolute Gasteiger partial charge is 0.224 e. The Bertz CT molecular complexity index is 562. The van der Waals surface area contributed by atoms with Crippen LogP contribution < -0.4 is 15.1 Å². The third kappa shape index (κ3) is 4.81. The molecule has 3 rings (SSSR count). The molecule has 0 bridgehead atoms. The molecule has 2 fully saturated rings. The number of unbranched alkanes of at least 4 members (excludes halogenated alkanes) is 1. The highest BCUT2D eigenvalue weighted by molar-refractivity contribution is 5.79. The lowest BCUT2D eigenvalue weighted by molar-refractivity contribution is -0.125. The molecular weight excluding hydrogens is 318 g/mol. The lowest BCUT2D eigenvalue weighted by atomic mass is 9.97. The Morgan fingerprint density at radius 1 is 1.24 bits per heavy atom. The molecule has 1 aromatic heterocycles. The number of morpholine rings is 1. The summed E-state index contributed by atoms with van der Waals surface area (Å²) in [6.07, 6.45) is 5.74. The van der Waals surface area contributed by atoms with Crippen molar-refractivity contribution in [3.05, 3.63) is 12.4 Å². The molecule has 0 aromatic carbocycles. The normalized spacial score (nSPS) is 21.2. The van der Waals surface area contributed by atoms with E-state index >= 15 is 0 Å². The lowest BCUT2D eigenvalue weighted by Gasteiger charge is -2.34. The monoisotopic (exact) mass is 347 g/mol. The van der Waals surface area contributed by atoms with Gasteiger partial charge in [-0.3, -0.25) is 4.79 Å². The van der Waals surface area contributed by atoms with Gasteiger partial charge in [-0.25, -0.2) is 9.97 Å². The van der Waals surface area contributed by atoms with E-state index in [1.54, 1.807) is 6.33 Å². The SMILES string of the molecule is CCCCNC(=O)C1CCCN(c2cc(N3CCOCC3)ncn2)C1. The first-order valence-corrected chi connectivity index (χ1v) is 9.45. The molecule has 2 aliphatic rings. The second-order valence-corrected chi connectivity index (χ2v) is 6.76. The second-order valence-electron chi connectivity index (χ2n) is 6.76. The molecule has 7 nitrogen and oxygen atoms in total. The van der Waals surface area contributed by atoms with Crippen LogP contribution in [-0.4, -0.2) is 61.8 Å². The van der Waals surface area contributed by atoms with Gasteiger partial charge in [0, 0.05) is 38.8 Å². The van der Waals surface area contributed by atoms with Crippen molar-refractivity contribution in [2.24, 2.45) is 5.92 Å². The molecule has 138 valence electrons. The second kappa shape index (κ2) is 8.99. The number of rotatable bonds is 6. The largest absolute Gasteiger partial charge is 0.378 e. The number of carbonyl (C=O) groups excluding carboxylic acids is 1. The number of anilines is 2. The average molecular weight is 347 g/mol. The topological polar surface area (TPSA) is 70.6 Å². The summed E-state index contributed by atoms with van der Waals surface area (Å²) < 4.78 is 5.41. The van der Waals surface area contributed by atoms with Gasteiger partial charge >= 0.3 is 0 Å². The summed E-state index contributed by atoms with van der Waals surface area (Å²) in [6, 6.07) is 2.04. The third-order valence-corrected chi connectivity index (χ3v) is 4.92. The molecule has 25 heavy (non-hydrogen) atoms. The van der Waals surface area contributed by atoms with Gasteiger partial charge in [0.1, 0.15) is 18.0 Å². The van der Waals surface area contributed by atoms with Crippen molar-refractivity contribution in [3.63, 3.8) is 0 Å². The van der Waals surface area contributed by atoms with E-state index in [0.717, 1.165) is 83.3 Å². The maximum absolute atomic E-state index is 12.4. The Morgan fingerprint density at radius 2 is 2.00 bits per heavy atom. The Morgan fingerprint density at radius 3 is 2.76 bits per heavy atom. The molecule has 0 aliphatic carbocycles. The molecular formula is C18H29N5O2. The summed E-state index contributed by atoms with van der Waals surface area (Å²) in [5, 5.41) is 3.07. The number of hydrogen-bond donors (Lipinski definition) is 1. The predicted molar refractivity (Wildman–Crippen MR) is 97.9 cm³/mol. The van der Waals surface area contributed by atoms with Crippen molar-refractivity contribution in [1.82, 2.24) is 15.3 Å². The highest BCUT2D eigenvalue weighted by Gasteiger charge is 2.26. The van der Waals surface area contributed by atoms with E-state index in [4.69, 9.17) is 4.74 Å². The zero-order valence-electron chi connectivity index (χ0n) is 15.1. The van der Waals surface area contributed by atoms with E-state index in [9.17, 15) is 4.79 Å². The van der Waals surface area contributed by atoms with Gasteiger partial charge in [0.15, 0.2) is 0 Å². The maximum Gasteiger partial charge on any atom is 0.224 e. The van der Waals surface area contributed by atoms with Crippen LogP contribution in [0.5, 0.6) is 0 Å². The van der Waals surface area contributed by atoms with Crippen LogP contribution in [0.25, 0.3) is 0 Å². The van der Waals surface area contributed by atoms with Gasteiger partial charge in [0.05, 0.1) is 19.1 Å². The van der Waals surface area contributed by atoms with Gasteiger partial charge in [0.2, 0.25) is 5.91 Å². The molecule has 1 N–H and O–H groups in total. The standard InChI is InChI=1S/C18H29N5O2/c1-2-3-6-19-18(24)15-5-4-7-23(13-15)17-12-16(20-14-21-17)22-8-10-25-11-9-22/h12,14-15H,2-11,13H2,1H3,(H,19,24). The van der Waals surface area contributed by atoms with E-state index in [-0.39, 0.29) is 11.8 Å². The summed E-state index contributed by atoms with van der Waals surface area (Å²) in [5.74, 6) is 2.10. The van der Waals surface area contributed by atoms with Crippen LogP contribution in [0.3, 0.4) is 0 Å². The van der Waals surface area contributed by atoms with Crippen molar-refractivity contribution in [2.45, 2.75) is 32.6 Å². The minimum absolute atomic E-state index is 0.0485. The van der Waals surface area contributed by atoms with Crippen molar-refractivity contribution in [2.75, 3.05) is 55.7 Å². The molecule has 1 aromatic rings. The average Bonchev–Trinajstić information content (AvgIpc) is 2.69. The first kappa shape index (κ1) is 17.9. The van der Waals surface area contributed by atoms with Gasteiger partial charge in [-0.15, -0.1) is 0 Å². The highest BCUT2D eigenvalue weighted by atomic mass is 16.5. The van der Waals surface area contributed by atoms with Crippen LogP contribution in [0.4, 0.5) is 11.6 Å². The number of piperidine rings is 1. The zero-order chi connectivity index (χ0) is 17.5. The summed E-state index contributed by atoms with van der Waals surface area (Å²) in [4.78, 5) is 25.7. The summed E-state index contributed by atoms with van der Waals surface area (Å²) in [7, 11) is 0. The number of carbonyl (C=O) groups is 1. The maximum atomic E-state index is 12.4. The van der Waals surface area contributed by atoms with Crippen LogP contribution in [0.15, 0.2) is 12.4 Å². The van der Waals surface area contributed by atoms with Gasteiger partial charge in [0.25, 0.3) is 0 Å². The fourth-order valence-electron chi connectivity index (χ4n) is 3.41. The minimum Gasteiger partial charge on any atom is -0.378 e. The predicted octanol–water partition coefficient (Wildman–Crippen LogP) is 1.45. The van der Waals surface area contributed by atoms with E-state index in [1.165, 1.54) is 0 Å². The number of aromatic nitrogens is 2. The summed E-state index contributed by atoms with van der Waals surface area (Å²) >= 11 is 0. The van der Waals surface area contributed by atoms with E-state index in [0.29, 0.717) is 0 Å². The van der Waals surface area contributed by atoms with Gasteiger partial charge in [-0.1, -0.05) is 13.3 Å². The van der Waals surface area contributed by atoms with E-state index < -0.39 is 0 Å². The first-order chi connectivity index (χ1) is 12.3. The van der Waals surface area contributed by atoms with Crippen molar-refractivity contribution >= 4 is 17.5 Å². The molecule has 3 heterocycles. The van der Waals surface area contributed by atoms with Crippen LogP contribution in [0, 0.1) is 5.92 Å². The number of nitrogens with one attached hydrogen (secondary N) is 1. The quantitative estimate of drug-likeness (QED) is 0.786. The Kier molecular flexibility index (Phi) is 6.44. The van der Waals surface area contributed by atoms with E-state index in [2.05, 4.69) is 32.0 Å².